The average molecular weight is 268 g/mol. The molecule has 4 N–H and O–H groups in total. The van der Waals surface area contributed by atoms with Gasteiger partial charge in [0.2, 0.25) is 11.8 Å². The average Bonchev–Trinajstić information content (AvgIpc) is 2.65. The fraction of sp³-hybridized carbons (Fsp3) is 0.846. The molecule has 0 saturated carbocycles. The quantitative estimate of drug-likeness (QED) is 0.600. The van der Waals surface area contributed by atoms with Crippen LogP contribution in [0.25, 0.3) is 0 Å². The number of piperidine rings is 1. The second-order valence-corrected chi connectivity index (χ2v) is 5.67. The predicted molar refractivity (Wildman–Crippen MR) is 72.4 cm³/mol. The third kappa shape index (κ3) is 3.67. The first-order valence-electron chi connectivity index (χ1n) is 7.05. The number of nitrogens with one attached hydrogen (secondary N) is 2. The Morgan fingerprint density at radius 3 is 2.37 bits per heavy atom. The summed E-state index contributed by atoms with van der Waals surface area (Å²) in [5, 5.41) is 5.38. The molecule has 2 heterocycles. The van der Waals surface area contributed by atoms with Crippen LogP contribution in [0.2, 0.25) is 0 Å². The van der Waals surface area contributed by atoms with Crippen molar-refractivity contribution in [3.63, 3.8) is 0 Å². The molecule has 0 aromatic rings. The molecule has 2 saturated heterocycles. The second kappa shape index (κ2) is 6.34. The maximum atomic E-state index is 11.6. The number of amides is 2. The van der Waals surface area contributed by atoms with Crippen molar-refractivity contribution in [2.24, 2.45) is 11.7 Å². The van der Waals surface area contributed by atoms with Crippen molar-refractivity contribution < 1.29 is 9.59 Å². The Hall–Kier alpha value is -1.14. The van der Waals surface area contributed by atoms with Gasteiger partial charge in [-0.25, -0.2) is 0 Å². The Balaban J connectivity index is 1.66. The van der Waals surface area contributed by atoms with Crippen molar-refractivity contribution in [2.45, 2.75) is 37.8 Å². The van der Waals surface area contributed by atoms with Crippen LogP contribution in [0.1, 0.15) is 25.7 Å². The lowest BCUT2D eigenvalue weighted by Crippen LogP contribution is -2.45. The van der Waals surface area contributed by atoms with E-state index in [4.69, 9.17) is 5.73 Å². The normalized spacial score (nSPS) is 30.1. The highest BCUT2D eigenvalue weighted by atomic mass is 16.2. The van der Waals surface area contributed by atoms with Gasteiger partial charge >= 0.3 is 0 Å². The van der Waals surface area contributed by atoms with Crippen LogP contribution >= 0.6 is 0 Å². The van der Waals surface area contributed by atoms with Gasteiger partial charge in [0.1, 0.15) is 0 Å². The summed E-state index contributed by atoms with van der Waals surface area (Å²) in [5.74, 6) is 0.142. The first-order chi connectivity index (χ1) is 9.10. The smallest absolute Gasteiger partial charge is 0.239 e. The van der Waals surface area contributed by atoms with Crippen molar-refractivity contribution in [1.29, 1.82) is 0 Å². The fourth-order valence-corrected chi connectivity index (χ4v) is 3.26. The summed E-state index contributed by atoms with van der Waals surface area (Å²) >= 11 is 0. The zero-order valence-electron chi connectivity index (χ0n) is 11.5. The minimum atomic E-state index is -0.299. The molecular formula is C13H24N4O2. The maximum Gasteiger partial charge on any atom is 0.239 e. The molecule has 6 heteroatoms. The summed E-state index contributed by atoms with van der Waals surface area (Å²) in [7, 11) is 2.21. The number of fused-ring (bicyclic) bond motifs is 2. The number of hydrogen-bond donors (Lipinski definition) is 3. The monoisotopic (exact) mass is 268 g/mol. The van der Waals surface area contributed by atoms with Crippen LogP contribution in [0.3, 0.4) is 0 Å². The number of carbonyl (C=O) groups excluding carboxylic acids is 2. The van der Waals surface area contributed by atoms with Crippen LogP contribution in [0.15, 0.2) is 0 Å². The van der Waals surface area contributed by atoms with Crippen molar-refractivity contribution in [1.82, 2.24) is 15.5 Å². The minimum absolute atomic E-state index is 0.0233. The van der Waals surface area contributed by atoms with E-state index in [1.54, 1.807) is 0 Å². The second-order valence-electron chi connectivity index (χ2n) is 5.67. The van der Waals surface area contributed by atoms with Crippen LogP contribution in [-0.4, -0.2) is 55.5 Å². The molecule has 0 spiro atoms. The van der Waals surface area contributed by atoms with E-state index in [1.165, 1.54) is 25.7 Å². The highest BCUT2D eigenvalue weighted by molar-refractivity contribution is 5.85. The molecule has 108 valence electrons. The number of hydrogen-bond acceptors (Lipinski definition) is 4. The molecule has 2 unspecified atom stereocenters. The fourth-order valence-electron chi connectivity index (χ4n) is 3.26. The van der Waals surface area contributed by atoms with E-state index in [0.717, 1.165) is 6.54 Å². The van der Waals surface area contributed by atoms with Gasteiger partial charge in [-0.05, 0) is 38.6 Å². The highest BCUT2D eigenvalue weighted by Gasteiger charge is 2.38. The van der Waals surface area contributed by atoms with Gasteiger partial charge in [0.05, 0.1) is 13.1 Å². The van der Waals surface area contributed by atoms with Crippen molar-refractivity contribution in [3.8, 4) is 0 Å². The van der Waals surface area contributed by atoms with Crippen LogP contribution in [0, 0.1) is 5.92 Å². The molecule has 0 aromatic heterocycles. The summed E-state index contributed by atoms with van der Waals surface area (Å²) in [6.07, 6.45) is 4.92. The zero-order chi connectivity index (χ0) is 13.8. The predicted octanol–water partition coefficient (Wildman–Crippen LogP) is -0.950. The molecule has 2 bridgehead atoms. The lowest BCUT2D eigenvalue weighted by molar-refractivity contribution is -0.125. The molecule has 2 aliphatic heterocycles. The third-order valence-electron chi connectivity index (χ3n) is 4.42. The van der Waals surface area contributed by atoms with Crippen LogP contribution < -0.4 is 16.4 Å². The summed E-state index contributed by atoms with van der Waals surface area (Å²) in [5.41, 5.74) is 5.15. The minimum Gasteiger partial charge on any atom is -0.354 e. The number of nitrogens with zero attached hydrogens (tertiary/aromatic N) is 1. The van der Waals surface area contributed by atoms with E-state index in [2.05, 4.69) is 22.6 Å². The van der Waals surface area contributed by atoms with Crippen LogP contribution in [0.5, 0.6) is 0 Å². The SMILES string of the molecule is CN1C2CCC1CC(CNC(=O)CNC(=O)CN)C2. The summed E-state index contributed by atoms with van der Waals surface area (Å²) in [6, 6.07) is 1.38. The molecule has 2 rings (SSSR count). The molecule has 2 atom stereocenters. The van der Waals surface area contributed by atoms with Gasteiger partial charge in [0.25, 0.3) is 0 Å². The largest absolute Gasteiger partial charge is 0.354 e. The molecule has 0 aliphatic carbocycles. The molecule has 2 aliphatic rings. The molecule has 19 heavy (non-hydrogen) atoms. The number of nitrogens with two attached hydrogens (primary N) is 1. The number of carbonyl (C=O) groups is 2. The van der Waals surface area contributed by atoms with Crippen LogP contribution in [-0.2, 0) is 9.59 Å². The van der Waals surface area contributed by atoms with Gasteiger partial charge in [-0.15, -0.1) is 0 Å². The first-order valence-corrected chi connectivity index (χ1v) is 7.05. The molecule has 0 radical (unpaired) electrons. The number of rotatable bonds is 5. The molecule has 2 fully saturated rings. The Bertz CT molecular complexity index is 334. The zero-order valence-corrected chi connectivity index (χ0v) is 11.5. The Morgan fingerprint density at radius 1 is 1.16 bits per heavy atom. The Labute approximate surface area is 114 Å². The topological polar surface area (TPSA) is 87.5 Å². The van der Waals surface area contributed by atoms with Crippen molar-refractivity contribution in [2.75, 3.05) is 26.7 Å². The van der Waals surface area contributed by atoms with Gasteiger partial charge in [0.15, 0.2) is 0 Å². The lowest BCUT2D eigenvalue weighted by atomic mass is 9.91. The Kier molecular flexibility index (Phi) is 4.76. The van der Waals surface area contributed by atoms with Gasteiger partial charge < -0.3 is 21.3 Å². The summed E-state index contributed by atoms with van der Waals surface area (Å²) in [4.78, 5) is 25.0. The first kappa shape index (κ1) is 14.3. The van der Waals surface area contributed by atoms with E-state index in [0.29, 0.717) is 18.0 Å². The van der Waals surface area contributed by atoms with E-state index in [9.17, 15) is 9.59 Å². The van der Waals surface area contributed by atoms with Gasteiger partial charge in [0, 0.05) is 18.6 Å². The van der Waals surface area contributed by atoms with E-state index >= 15 is 0 Å². The molecule has 2 amide bonds. The van der Waals surface area contributed by atoms with Gasteiger partial charge in [-0.3, -0.25) is 9.59 Å². The van der Waals surface area contributed by atoms with Crippen molar-refractivity contribution in [3.05, 3.63) is 0 Å². The molecule has 6 nitrogen and oxygen atoms in total. The molecular weight excluding hydrogens is 244 g/mol. The van der Waals surface area contributed by atoms with E-state index in [-0.39, 0.29) is 24.9 Å². The van der Waals surface area contributed by atoms with Crippen molar-refractivity contribution >= 4 is 11.8 Å². The summed E-state index contributed by atoms with van der Waals surface area (Å²) < 4.78 is 0. The highest BCUT2D eigenvalue weighted by Crippen LogP contribution is 2.36. The molecule has 0 aromatic carbocycles. The Morgan fingerprint density at radius 2 is 1.79 bits per heavy atom. The van der Waals surface area contributed by atoms with Crippen LogP contribution in [0.4, 0.5) is 0 Å². The van der Waals surface area contributed by atoms with E-state index < -0.39 is 0 Å². The van der Waals surface area contributed by atoms with Gasteiger partial charge in [-0.1, -0.05) is 0 Å². The summed E-state index contributed by atoms with van der Waals surface area (Å²) in [6.45, 7) is 0.666. The lowest BCUT2D eigenvalue weighted by Gasteiger charge is -2.36. The maximum absolute atomic E-state index is 11.6. The third-order valence-corrected chi connectivity index (χ3v) is 4.42. The van der Waals surface area contributed by atoms with E-state index in [1.807, 2.05) is 0 Å². The standard InChI is InChI=1S/C13H24N4O2/c1-17-10-2-3-11(17)5-9(4-10)7-15-13(19)8-16-12(18)6-14/h9-11H,2-8,14H2,1H3,(H,15,19)(H,16,18). The van der Waals surface area contributed by atoms with Gasteiger partial charge in [-0.2, -0.15) is 0 Å².